The predicted octanol–water partition coefficient (Wildman–Crippen LogP) is 5.04. The summed E-state index contributed by atoms with van der Waals surface area (Å²) in [6.45, 7) is 9.04. The summed E-state index contributed by atoms with van der Waals surface area (Å²) in [5, 5.41) is 0. The smallest absolute Gasteiger partial charge is 0.325 e. The fourth-order valence-electron chi connectivity index (χ4n) is 6.41. The summed E-state index contributed by atoms with van der Waals surface area (Å²) in [6.07, 6.45) is 10.2. The fourth-order valence-corrected chi connectivity index (χ4v) is 6.41. The Hall–Kier alpha value is -1.65. The molecule has 3 atom stereocenters. The number of ether oxygens (including phenoxy) is 1. The molecule has 2 aliphatic carbocycles. The number of esters is 1. The average molecular weight is 418 g/mol. The second kappa shape index (κ2) is 8.84. The molecule has 1 heterocycles. The highest BCUT2D eigenvalue weighted by molar-refractivity contribution is 6.07. The van der Waals surface area contributed by atoms with Crippen molar-refractivity contribution in [3.05, 3.63) is 11.1 Å². The van der Waals surface area contributed by atoms with Crippen LogP contribution in [0.1, 0.15) is 91.9 Å². The van der Waals surface area contributed by atoms with Gasteiger partial charge in [0.15, 0.2) is 0 Å². The molecule has 5 heteroatoms. The number of imide groups is 1. The molecule has 1 aliphatic heterocycles. The number of rotatable bonds is 4. The summed E-state index contributed by atoms with van der Waals surface area (Å²) in [7, 11) is 1.29. The first kappa shape index (κ1) is 23.0. The van der Waals surface area contributed by atoms with Crippen molar-refractivity contribution in [2.24, 2.45) is 22.7 Å². The molecule has 3 rings (SSSR count). The molecule has 3 unspecified atom stereocenters. The van der Waals surface area contributed by atoms with E-state index < -0.39 is 5.97 Å². The van der Waals surface area contributed by atoms with Crippen LogP contribution in [0, 0.1) is 22.7 Å². The van der Waals surface area contributed by atoms with Gasteiger partial charge in [-0.25, -0.2) is 0 Å². The van der Waals surface area contributed by atoms with Crippen LogP contribution >= 0.6 is 0 Å². The van der Waals surface area contributed by atoms with Gasteiger partial charge in [-0.2, -0.15) is 0 Å². The average Bonchev–Trinajstić information content (AvgIpc) is 2.89. The van der Waals surface area contributed by atoms with E-state index in [9.17, 15) is 14.4 Å². The highest BCUT2D eigenvalue weighted by atomic mass is 16.5. The van der Waals surface area contributed by atoms with Crippen LogP contribution < -0.4 is 0 Å². The third-order valence-electron chi connectivity index (χ3n) is 7.97. The molecule has 2 amide bonds. The van der Waals surface area contributed by atoms with Gasteiger partial charge in [0.2, 0.25) is 11.8 Å². The van der Waals surface area contributed by atoms with Crippen LogP contribution in [-0.4, -0.2) is 36.3 Å². The zero-order valence-corrected chi connectivity index (χ0v) is 19.5. The molecular formula is C25H39NO4. The van der Waals surface area contributed by atoms with Crippen LogP contribution in [-0.2, 0) is 19.1 Å². The Morgan fingerprint density at radius 1 is 1.03 bits per heavy atom. The molecule has 0 aromatic heterocycles. The van der Waals surface area contributed by atoms with Crippen LogP contribution in [0.4, 0.5) is 0 Å². The predicted molar refractivity (Wildman–Crippen MR) is 116 cm³/mol. The summed E-state index contributed by atoms with van der Waals surface area (Å²) in [5.41, 5.74) is 3.33. The Morgan fingerprint density at radius 3 is 2.37 bits per heavy atom. The highest BCUT2D eigenvalue weighted by Crippen LogP contribution is 2.54. The lowest BCUT2D eigenvalue weighted by atomic mass is 9.60. The molecule has 0 saturated carbocycles. The Morgan fingerprint density at radius 2 is 1.70 bits per heavy atom. The maximum Gasteiger partial charge on any atom is 0.325 e. The molecule has 5 nitrogen and oxygen atoms in total. The van der Waals surface area contributed by atoms with Crippen LogP contribution in [0.3, 0.4) is 0 Å². The summed E-state index contributed by atoms with van der Waals surface area (Å²) < 4.78 is 4.73. The fraction of sp³-hybridized carbons (Fsp3) is 0.800. The molecule has 0 radical (unpaired) electrons. The van der Waals surface area contributed by atoms with E-state index in [-0.39, 0.29) is 41.0 Å². The van der Waals surface area contributed by atoms with Crippen LogP contribution in [0.5, 0.6) is 0 Å². The van der Waals surface area contributed by atoms with Gasteiger partial charge in [-0.1, -0.05) is 51.7 Å². The second-order valence-corrected chi connectivity index (χ2v) is 10.5. The van der Waals surface area contributed by atoms with Gasteiger partial charge in [0.05, 0.1) is 18.9 Å². The summed E-state index contributed by atoms with van der Waals surface area (Å²) in [4.78, 5) is 39.4. The molecule has 0 bridgehead atoms. The van der Waals surface area contributed by atoms with Gasteiger partial charge >= 0.3 is 5.97 Å². The minimum atomic E-state index is -0.532. The lowest BCUT2D eigenvalue weighted by Gasteiger charge is -2.45. The zero-order chi connectivity index (χ0) is 22.1. The van der Waals surface area contributed by atoms with E-state index in [1.54, 1.807) is 11.1 Å². The van der Waals surface area contributed by atoms with Crippen molar-refractivity contribution in [2.45, 2.75) is 91.9 Å². The van der Waals surface area contributed by atoms with Crippen molar-refractivity contribution in [1.82, 2.24) is 4.90 Å². The largest absolute Gasteiger partial charge is 0.468 e. The van der Waals surface area contributed by atoms with Crippen molar-refractivity contribution in [2.75, 3.05) is 13.7 Å². The standard InChI is InChI=1S/C25H39NO4/c1-6-13-25(4)15-18-17(22(28)26(23(18)29)16-21(27)30-5)10-7-8-11-19-20(25)12-9-14-24(19,2)3/h17-18H,6-16H2,1-5H3. The van der Waals surface area contributed by atoms with Crippen LogP contribution in [0.25, 0.3) is 0 Å². The van der Waals surface area contributed by atoms with E-state index in [1.165, 1.54) is 24.9 Å². The first-order chi connectivity index (χ1) is 14.1. The Labute approximate surface area is 181 Å². The number of carbonyl (C=O) groups is 3. The van der Waals surface area contributed by atoms with Crippen molar-refractivity contribution in [3.63, 3.8) is 0 Å². The topological polar surface area (TPSA) is 63.7 Å². The van der Waals surface area contributed by atoms with E-state index in [1.807, 2.05) is 0 Å². The molecule has 168 valence electrons. The Balaban J connectivity index is 2.01. The minimum Gasteiger partial charge on any atom is -0.468 e. The third-order valence-corrected chi connectivity index (χ3v) is 7.97. The van der Waals surface area contributed by atoms with Gasteiger partial charge in [0.25, 0.3) is 0 Å². The minimum absolute atomic E-state index is 0.0702. The summed E-state index contributed by atoms with van der Waals surface area (Å²) in [5.74, 6) is -1.49. The Bertz CT molecular complexity index is 737. The van der Waals surface area contributed by atoms with E-state index in [4.69, 9.17) is 4.74 Å². The quantitative estimate of drug-likeness (QED) is 0.365. The molecular weight excluding hydrogens is 378 g/mol. The zero-order valence-electron chi connectivity index (χ0n) is 19.5. The van der Waals surface area contributed by atoms with Gasteiger partial charge < -0.3 is 4.74 Å². The molecule has 3 aliphatic rings. The number of nitrogens with zero attached hydrogens (tertiary/aromatic N) is 1. The number of carbonyl (C=O) groups excluding carboxylic acids is 3. The third kappa shape index (κ3) is 4.22. The molecule has 1 fully saturated rings. The van der Waals surface area contributed by atoms with Crippen molar-refractivity contribution in [3.8, 4) is 0 Å². The molecule has 0 spiro atoms. The number of methoxy groups -OCH3 is 1. The van der Waals surface area contributed by atoms with Crippen LogP contribution in [0.2, 0.25) is 0 Å². The highest BCUT2D eigenvalue weighted by Gasteiger charge is 2.51. The number of hydrogen-bond acceptors (Lipinski definition) is 4. The van der Waals surface area contributed by atoms with Gasteiger partial charge in [-0.05, 0) is 62.2 Å². The molecule has 0 aromatic carbocycles. The maximum atomic E-state index is 13.3. The number of amides is 2. The first-order valence-corrected chi connectivity index (χ1v) is 11.8. The number of allylic oxidation sites excluding steroid dienone is 2. The Kier molecular flexibility index (Phi) is 6.78. The van der Waals surface area contributed by atoms with Crippen molar-refractivity contribution in [1.29, 1.82) is 0 Å². The van der Waals surface area contributed by atoms with E-state index in [2.05, 4.69) is 27.7 Å². The van der Waals surface area contributed by atoms with Crippen molar-refractivity contribution >= 4 is 17.8 Å². The van der Waals surface area contributed by atoms with Gasteiger partial charge in [0, 0.05) is 0 Å². The number of hydrogen-bond donors (Lipinski definition) is 0. The van der Waals surface area contributed by atoms with E-state index in [0.717, 1.165) is 44.9 Å². The summed E-state index contributed by atoms with van der Waals surface area (Å²) in [6, 6.07) is 0. The number of fused-ring (bicyclic) bond motifs is 1. The molecule has 30 heavy (non-hydrogen) atoms. The second-order valence-electron chi connectivity index (χ2n) is 10.5. The van der Waals surface area contributed by atoms with Crippen LogP contribution in [0.15, 0.2) is 11.1 Å². The lowest BCUT2D eigenvalue weighted by Crippen LogP contribution is -2.37. The van der Waals surface area contributed by atoms with Crippen molar-refractivity contribution < 1.29 is 19.1 Å². The molecule has 0 aromatic rings. The maximum absolute atomic E-state index is 13.3. The van der Waals surface area contributed by atoms with Gasteiger partial charge in [-0.15, -0.1) is 0 Å². The number of likely N-dealkylation sites (tertiary alicyclic amines) is 1. The van der Waals surface area contributed by atoms with Gasteiger partial charge in [-0.3, -0.25) is 19.3 Å². The van der Waals surface area contributed by atoms with E-state index in [0.29, 0.717) is 6.42 Å². The summed E-state index contributed by atoms with van der Waals surface area (Å²) >= 11 is 0. The van der Waals surface area contributed by atoms with E-state index >= 15 is 0 Å². The van der Waals surface area contributed by atoms with Gasteiger partial charge in [0.1, 0.15) is 6.54 Å². The first-order valence-electron chi connectivity index (χ1n) is 11.8. The lowest BCUT2D eigenvalue weighted by molar-refractivity contribution is -0.151. The normalized spacial score (nSPS) is 32.0. The SMILES string of the molecule is CCCC1(C)CC2C(=O)N(CC(=O)OC)C(=O)C2CCCCC2=C1CCCC2(C)C. The molecule has 1 saturated heterocycles. The molecule has 0 N–H and O–H groups in total. The monoisotopic (exact) mass is 417 g/mol.